The molecule has 5 aromatic rings. The van der Waals surface area contributed by atoms with Crippen LogP contribution < -0.4 is 0 Å². The number of alkyl halides is 2. The van der Waals surface area contributed by atoms with Crippen LogP contribution in [0.2, 0.25) is 0 Å². The van der Waals surface area contributed by atoms with E-state index in [9.17, 15) is 18.0 Å². The number of halogens is 3. The second kappa shape index (κ2) is 9.10. The maximum absolute atomic E-state index is 13.9. The second-order valence-corrected chi connectivity index (χ2v) is 9.57. The lowest BCUT2D eigenvalue weighted by Crippen LogP contribution is -2.38. The minimum atomic E-state index is -2.67. The Morgan fingerprint density at radius 1 is 0.973 bits per heavy atom. The summed E-state index contributed by atoms with van der Waals surface area (Å²) in [6.07, 6.45) is 3.07. The number of aryl methyl sites for hydroxylation is 1. The summed E-state index contributed by atoms with van der Waals surface area (Å²) >= 11 is 0. The molecule has 1 amide bonds. The Morgan fingerprint density at radius 3 is 2.51 bits per heavy atom. The zero-order valence-corrected chi connectivity index (χ0v) is 20.2. The molecule has 3 heterocycles. The summed E-state index contributed by atoms with van der Waals surface area (Å²) in [4.78, 5) is 19.7. The molecule has 1 aliphatic heterocycles. The molecule has 0 saturated carbocycles. The highest BCUT2D eigenvalue weighted by atomic mass is 19.3. The van der Waals surface area contributed by atoms with E-state index in [-0.39, 0.29) is 17.6 Å². The maximum Gasteiger partial charge on any atom is 0.320 e. The number of carbonyl (C=O) groups excluding carboxylic acids is 1. The first kappa shape index (κ1) is 23.3. The molecule has 0 radical (unpaired) electrons. The van der Waals surface area contributed by atoms with Gasteiger partial charge >= 0.3 is 6.55 Å². The summed E-state index contributed by atoms with van der Waals surface area (Å²) in [7, 11) is 1.90. The van der Waals surface area contributed by atoms with Crippen molar-refractivity contribution in [2.75, 3.05) is 13.1 Å². The molecule has 0 atom stereocenters. The fraction of sp³-hybridized carbons (Fsp3) is 0.241. The molecule has 6 rings (SSSR count). The van der Waals surface area contributed by atoms with Gasteiger partial charge in [-0.3, -0.25) is 9.36 Å². The number of aromatic nitrogens is 3. The highest BCUT2D eigenvalue weighted by Crippen LogP contribution is 2.35. The molecule has 37 heavy (non-hydrogen) atoms. The number of carbonyl (C=O) groups is 1. The van der Waals surface area contributed by atoms with Crippen molar-refractivity contribution in [2.24, 2.45) is 7.05 Å². The molecule has 0 bridgehead atoms. The Morgan fingerprint density at radius 2 is 1.76 bits per heavy atom. The molecule has 0 spiro atoms. The Kier molecular flexibility index (Phi) is 5.74. The van der Waals surface area contributed by atoms with Crippen molar-refractivity contribution in [3.8, 4) is 11.1 Å². The van der Waals surface area contributed by atoms with E-state index in [1.54, 1.807) is 41.3 Å². The summed E-state index contributed by atoms with van der Waals surface area (Å²) in [5.74, 6) is -0.141. The van der Waals surface area contributed by atoms with Crippen LogP contribution >= 0.6 is 0 Å². The SMILES string of the molecule is Cn1cc(-c2cccc(F)c2)c2ccc(C(=O)N3CCC(c4nc5ccccc5n4C(F)F)CC3)cc21. The number of benzene rings is 3. The van der Waals surface area contributed by atoms with Gasteiger partial charge in [-0.05, 0) is 54.8 Å². The van der Waals surface area contributed by atoms with Crippen LogP contribution in [0.4, 0.5) is 13.2 Å². The number of fused-ring (bicyclic) bond motifs is 2. The van der Waals surface area contributed by atoms with Gasteiger partial charge in [0.2, 0.25) is 0 Å². The van der Waals surface area contributed by atoms with E-state index in [0.717, 1.165) is 26.6 Å². The Balaban J connectivity index is 1.23. The third kappa shape index (κ3) is 4.06. The zero-order valence-electron chi connectivity index (χ0n) is 20.2. The van der Waals surface area contributed by atoms with Gasteiger partial charge in [0.25, 0.3) is 5.91 Å². The molecule has 2 aromatic heterocycles. The summed E-state index contributed by atoms with van der Waals surface area (Å²) in [5.41, 5.74) is 4.12. The van der Waals surface area contributed by atoms with Crippen LogP contribution in [0.3, 0.4) is 0 Å². The predicted octanol–water partition coefficient (Wildman–Crippen LogP) is 6.75. The number of imidazole rings is 1. The smallest absolute Gasteiger partial charge is 0.320 e. The van der Waals surface area contributed by atoms with Crippen LogP contribution in [-0.4, -0.2) is 38.0 Å². The van der Waals surface area contributed by atoms with Crippen molar-refractivity contribution in [3.63, 3.8) is 0 Å². The standard InChI is InChI=1S/C29H25F3N4O/c1-34-17-23(19-5-4-6-21(30)15-19)22-10-9-20(16-26(22)34)28(37)35-13-11-18(12-14-35)27-33-24-7-2-3-8-25(24)36(27)29(31)32/h2-10,15-18,29H,11-14H2,1H3. The first-order valence-corrected chi connectivity index (χ1v) is 12.3. The first-order chi connectivity index (χ1) is 17.9. The number of amides is 1. The van der Waals surface area contributed by atoms with Crippen molar-refractivity contribution in [3.05, 3.63) is 90.1 Å². The number of piperidine rings is 1. The van der Waals surface area contributed by atoms with Gasteiger partial charge in [0.15, 0.2) is 0 Å². The van der Waals surface area contributed by atoms with Crippen molar-refractivity contribution in [1.82, 2.24) is 19.0 Å². The van der Waals surface area contributed by atoms with E-state index >= 15 is 0 Å². The minimum absolute atomic E-state index is 0.0868. The predicted molar refractivity (Wildman–Crippen MR) is 137 cm³/mol. The van der Waals surface area contributed by atoms with Gasteiger partial charge in [-0.1, -0.05) is 30.3 Å². The molecule has 8 heteroatoms. The van der Waals surface area contributed by atoms with Crippen molar-refractivity contribution in [2.45, 2.75) is 25.3 Å². The summed E-state index contributed by atoms with van der Waals surface area (Å²) < 4.78 is 44.6. The number of hydrogen-bond donors (Lipinski definition) is 0. The number of hydrogen-bond acceptors (Lipinski definition) is 2. The molecular formula is C29H25F3N4O. The Labute approximate surface area is 211 Å². The van der Waals surface area contributed by atoms with Crippen LogP contribution in [0.1, 0.15) is 41.5 Å². The van der Waals surface area contributed by atoms with Gasteiger partial charge in [-0.15, -0.1) is 0 Å². The number of likely N-dealkylation sites (tertiary alicyclic amines) is 1. The number of para-hydroxylation sites is 2. The molecule has 0 N–H and O–H groups in total. The van der Waals surface area contributed by atoms with E-state index in [2.05, 4.69) is 4.98 Å². The van der Waals surface area contributed by atoms with E-state index in [1.165, 1.54) is 12.1 Å². The Bertz CT molecular complexity index is 1630. The molecule has 1 saturated heterocycles. The van der Waals surface area contributed by atoms with Gasteiger partial charge in [-0.2, -0.15) is 8.78 Å². The molecule has 0 unspecified atom stereocenters. The first-order valence-electron chi connectivity index (χ1n) is 12.3. The summed E-state index contributed by atoms with van der Waals surface area (Å²) in [5, 5.41) is 0.939. The van der Waals surface area contributed by atoms with Gasteiger partial charge in [0.05, 0.1) is 11.0 Å². The lowest BCUT2D eigenvalue weighted by atomic mass is 9.95. The van der Waals surface area contributed by atoms with Crippen molar-refractivity contribution >= 4 is 27.8 Å². The summed E-state index contributed by atoms with van der Waals surface area (Å²) in [6.45, 7) is -1.73. The molecule has 3 aromatic carbocycles. The number of rotatable bonds is 4. The Hall–Kier alpha value is -4.07. The normalized spacial score (nSPS) is 14.8. The highest BCUT2D eigenvalue weighted by molar-refractivity contribution is 6.02. The van der Waals surface area contributed by atoms with Crippen molar-refractivity contribution in [1.29, 1.82) is 0 Å². The van der Waals surface area contributed by atoms with Crippen LogP contribution in [0.5, 0.6) is 0 Å². The molecule has 1 aliphatic rings. The average Bonchev–Trinajstić information content (AvgIpc) is 3.46. The minimum Gasteiger partial charge on any atom is -0.350 e. The number of nitrogens with zero attached hydrogens (tertiary/aromatic N) is 4. The average molecular weight is 503 g/mol. The quantitative estimate of drug-likeness (QED) is 0.273. The summed E-state index contributed by atoms with van der Waals surface area (Å²) in [6, 6.07) is 19.0. The van der Waals surface area contributed by atoms with Crippen LogP contribution in [0, 0.1) is 5.82 Å². The van der Waals surface area contributed by atoms with E-state index in [1.807, 2.05) is 36.0 Å². The molecule has 188 valence electrons. The molecular weight excluding hydrogens is 477 g/mol. The third-order valence-corrected chi connectivity index (χ3v) is 7.34. The third-order valence-electron chi connectivity index (χ3n) is 7.34. The largest absolute Gasteiger partial charge is 0.350 e. The second-order valence-electron chi connectivity index (χ2n) is 9.57. The van der Waals surface area contributed by atoms with Crippen molar-refractivity contribution < 1.29 is 18.0 Å². The van der Waals surface area contributed by atoms with E-state index in [0.29, 0.717) is 48.4 Å². The fourth-order valence-electron chi connectivity index (χ4n) is 5.48. The highest BCUT2D eigenvalue weighted by Gasteiger charge is 2.30. The van der Waals surface area contributed by atoms with E-state index < -0.39 is 6.55 Å². The van der Waals surface area contributed by atoms with Crippen LogP contribution in [0.15, 0.2) is 72.9 Å². The molecule has 5 nitrogen and oxygen atoms in total. The van der Waals surface area contributed by atoms with Gasteiger partial charge in [0, 0.05) is 54.3 Å². The van der Waals surface area contributed by atoms with Crippen LogP contribution in [0.25, 0.3) is 33.1 Å². The van der Waals surface area contributed by atoms with E-state index in [4.69, 9.17) is 0 Å². The van der Waals surface area contributed by atoms with Gasteiger partial charge in [-0.25, -0.2) is 9.37 Å². The lowest BCUT2D eigenvalue weighted by molar-refractivity contribution is 0.0634. The maximum atomic E-state index is 13.9. The molecule has 1 fully saturated rings. The monoisotopic (exact) mass is 502 g/mol. The lowest BCUT2D eigenvalue weighted by Gasteiger charge is -2.32. The van der Waals surface area contributed by atoms with Gasteiger partial charge in [0.1, 0.15) is 11.6 Å². The molecule has 0 aliphatic carbocycles. The van der Waals surface area contributed by atoms with Gasteiger partial charge < -0.3 is 9.47 Å². The topological polar surface area (TPSA) is 43.1 Å². The zero-order chi connectivity index (χ0) is 25.7. The fourth-order valence-corrected chi connectivity index (χ4v) is 5.48. The van der Waals surface area contributed by atoms with Crippen LogP contribution in [-0.2, 0) is 7.05 Å².